The molecule has 1 aliphatic carbocycles. The molecule has 1 aliphatic rings. The van der Waals surface area contributed by atoms with Crippen LogP contribution in [0.5, 0.6) is 0 Å². The maximum absolute atomic E-state index is 11.7. The lowest BCUT2D eigenvalue weighted by atomic mass is 10.0. The zero-order valence-corrected chi connectivity index (χ0v) is 11.2. The van der Waals surface area contributed by atoms with Gasteiger partial charge in [-0.05, 0) is 31.6 Å². The molecule has 0 aromatic heterocycles. The molecule has 1 fully saturated rings. The van der Waals surface area contributed by atoms with Crippen LogP contribution < -0.4 is 5.32 Å². The molecular formula is C12H22BrNO. The number of hydrogen-bond acceptors (Lipinski definition) is 1. The summed E-state index contributed by atoms with van der Waals surface area (Å²) in [7, 11) is 0. The summed E-state index contributed by atoms with van der Waals surface area (Å²) < 4.78 is 0. The van der Waals surface area contributed by atoms with Crippen LogP contribution in [0.15, 0.2) is 0 Å². The molecule has 0 heterocycles. The van der Waals surface area contributed by atoms with E-state index in [1.54, 1.807) is 0 Å². The summed E-state index contributed by atoms with van der Waals surface area (Å²) in [5.74, 6) is 0.918. The Hall–Kier alpha value is -0.0500. The van der Waals surface area contributed by atoms with Crippen LogP contribution in [-0.2, 0) is 4.79 Å². The number of carbonyl (C=O) groups is 1. The Balaban J connectivity index is 2.20. The summed E-state index contributed by atoms with van der Waals surface area (Å²) in [5.41, 5.74) is 0. The fourth-order valence-corrected chi connectivity index (χ4v) is 2.83. The van der Waals surface area contributed by atoms with Gasteiger partial charge in [-0.2, -0.15) is 0 Å². The van der Waals surface area contributed by atoms with Gasteiger partial charge in [-0.25, -0.2) is 0 Å². The third kappa shape index (κ3) is 5.01. The highest BCUT2D eigenvalue weighted by atomic mass is 79.9. The van der Waals surface area contributed by atoms with Gasteiger partial charge in [-0.15, -0.1) is 0 Å². The summed E-state index contributed by atoms with van der Waals surface area (Å²) >= 11 is 3.42. The number of nitrogens with one attached hydrogen (secondary N) is 1. The van der Waals surface area contributed by atoms with Crippen LogP contribution in [0, 0.1) is 5.92 Å². The SMILES string of the molecule is CCC(CCBr)NC(=O)CC1CCCC1. The molecule has 0 radical (unpaired) electrons. The molecule has 0 spiro atoms. The third-order valence-electron chi connectivity index (χ3n) is 3.26. The predicted molar refractivity (Wildman–Crippen MR) is 67.2 cm³/mol. The van der Waals surface area contributed by atoms with Crippen molar-refractivity contribution in [3.63, 3.8) is 0 Å². The van der Waals surface area contributed by atoms with Crippen LogP contribution in [0.25, 0.3) is 0 Å². The lowest BCUT2D eigenvalue weighted by Crippen LogP contribution is -2.35. The molecule has 1 amide bonds. The van der Waals surface area contributed by atoms with Crippen molar-refractivity contribution in [3.8, 4) is 0 Å². The molecular weight excluding hydrogens is 254 g/mol. The van der Waals surface area contributed by atoms with Gasteiger partial charge in [0.05, 0.1) is 0 Å². The van der Waals surface area contributed by atoms with E-state index in [1.807, 2.05) is 0 Å². The molecule has 15 heavy (non-hydrogen) atoms. The molecule has 3 heteroatoms. The fraction of sp³-hybridized carbons (Fsp3) is 0.917. The van der Waals surface area contributed by atoms with Gasteiger partial charge in [0, 0.05) is 17.8 Å². The molecule has 1 atom stereocenters. The van der Waals surface area contributed by atoms with Crippen molar-refractivity contribution in [1.29, 1.82) is 0 Å². The molecule has 1 rings (SSSR count). The fourth-order valence-electron chi connectivity index (χ4n) is 2.27. The van der Waals surface area contributed by atoms with Crippen LogP contribution in [0.3, 0.4) is 0 Å². The smallest absolute Gasteiger partial charge is 0.220 e. The first-order chi connectivity index (χ1) is 7.26. The van der Waals surface area contributed by atoms with Gasteiger partial charge in [0.25, 0.3) is 0 Å². The van der Waals surface area contributed by atoms with Crippen LogP contribution in [0.4, 0.5) is 0 Å². The van der Waals surface area contributed by atoms with E-state index >= 15 is 0 Å². The summed E-state index contributed by atoms with van der Waals surface area (Å²) in [6, 6.07) is 0.360. The van der Waals surface area contributed by atoms with Gasteiger partial charge in [0.2, 0.25) is 5.91 Å². The molecule has 0 saturated heterocycles. The zero-order valence-electron chi connectivity index (χ0n) is 9.60. The Kier molecular flexibility index (Phi) is 6.30. The van der Waals surface area contributed by atoms with Gasteiger partial charge in [0.15, 0.2) is 0 Å². The van der Waals surface area contributed by atoms with Crippen LogP contribution in [-0.4, -0.2) is 17.3 Å². The molecule has 0 bridgehead atoms. The van der Waals surface area contributed by atoms with E-state index in [0.717, 1.165) is 24.6 Å². The Bertz CT molecular complexity index is 190. The van der Waals surface area contributed by atoms with Gasteiger partial charge in [-0.3, -0.25) is 4.79 Å². The minimum absolute atomic E-state index is 0.259. The number of hydrogen-bond donors (Lipinski definition) is 1. The average Bonchev–Trinajstić information content (AvgIpc) is 2.69. The van der Waals surface area contributed by atoms with Gasteiger partial charge in [0.1, 0.15) is 0 Å². The second kappa shape index (κ2) is 7.26. The zero-order chi connectivity index (χ0) is 11.1. The number of rotatable bonds is 6. The Labute approximate surface area is 101 Å². The van der Waals surface area contributed by atoms with E-state index in [-0.39, 0.29) is 5.91 Å². The van der Waals surface area contributed by atoms with E-state index in [9.17, 15) is 4.79 Å². The lowest BCUT2D eigenvalue weighted by Gasteiger charge is -2.17. The maximum atomic E-state index is 11.7. The quantitative estimate of drug-likeness (QED) is 0.741. The van der Waals surface area contributed by atoms with Crippen molar-refractivity contribution in [2.45, 2.75) is 57.9 Å². The highest BCUT2D eigenvalue weighted by Crippen LogP contribution is 2.27. The van der Waals surface area contributed by atoms with Gasteiger partial charge in [-0.1, -0.05) is 35.7 Å². The minimum Gasteiger partial charge on any atom is -0.353 e. The lowest BCUT2D eigenvalue weighted by molar-refractivity contribution is -0.122. The largest absolute Gasteiger partial charge is 0.353 e. The topological polar surface area (TPSA) is 29.1 Å². The van der Waals surface area contributed by atoms with Crippen molar-refractivity contribution in [2.24, 2.45) is 5.92 Å². The van der Waals surface area contributed by atoms with Gasteiger partial charge < -0.3 is 5.32 Å². The van der Waals surface area contributed by atoms with E-state index in [1.165, 1.54) is 25.7 Å². The third-order valence-corrected chi connectivity index (χ3v) is 3.72. The standard InChI is InChI=1S/C12H22BrNO/c1-2-11(7-8-13)14-12(15)9-10-5-3-4-6-10/h10-11H,2-9H2,1H3,(H,14,15). The molecule has 1 saturated carbocycles. The Morgan fingerprint density at radius 1 is 1.47 bits per heavy atom. The van der Waals surface area contributed by atoms with E-state index < -0.39 is 0 Å². The van der Waals surface area contributed by atoms with Crippen LogP contribution >= 0.6 is 15.9 Å². The number of halogens is 1. The van der Waals surface area contributed by atoms with E-state index in [2.05, 4.69) is 28.2 Å². The predicted octanol–water partition coefficient (Wildman–Crippen LogP) is 3.25. The molecule has 88 valence electrons. The Morgan fingerprint density at radius 3 is 2.67 bits per heavy atom. The molecule has 2 nitrogen and oxygen atoms in total. The van der Waals surface area contributed by atoms with Crippen LogP contribution in [0.2, 0.25) is 0 Å². The van der Waals surface area contributed by atoms with Gasteiger partial charge >= 0.3 is 0 Å². The van der Waals surface area contributed by atoms with Crippen molar-refractivity contribution >= 4 is 21.8 Å². The molecule has 0 aromatic carbocycles. The minimum atomic E-state index is 0.259. The first-order valence-electron chi connectivity index (χ1n) is 6.11. The molecule has 1 N–H and O–H groups in total. The van der Waals surface area contributed by atoms with E-state index in [0.29, 0.717) is 12.0 Å². The summed E-state index contributed by atoms with van der Waals surface area (Å²) in [5, 5.41) is 4.09. The number of alkyl halides is 1. The first kappa shape index (κ1) is 13.0. The van der Waals surface area contributed by atoms with Crippen molar-refractivity contribution in [2.75, 3.05) is 5.33 Å². The average molecular weight is 276 g/mol. The number of carbonyl (C=O) groups excluding carboxylic acids is 1. The second-order valence-electron chi connectivity index (χ2n) is 4.50. The normalized spacial score (nSPS) is 19.1. The number of amides is 1. The molecule has 0 aliphatic heterocycles. The van der Waals surface area contributed by atoms with Crippen molar-refractivity contribution < 1.29 is 4.79 Å². The highest BCUT2D eigenvalue weighted by Gasteiger charge is 2.19. The summed E-state index contributed by atoms with van der Waals surface area (Å²) in [6.45, 7) is 2.13. The molecule has 0 aromatic rings. The van der Waals surface area contributed by atoms with Crippen molar-refractivity contribution in [1.82, 2.24) is 5.32 Å². The summed E-state index contributed by atoms with van der Waals surface area (Å²) in [4.78, 5) is 11.7. The second-order valence-corrected chi connectivity index (χ2v) is 5.30. The molecule has 1 unspecified atom stereocenters. The highest BCUT2D eigenvalue weighted by molar-refractivity contribution is 9.09. The first-order valence-corrected chi connectivity index (χ1v) is 7.23. The van der Waals surface area contributed by atoms with Crippen LogP contribution in [0.1, 0.15) is 51.9 Å². The Morgan fingerprint density at radius 2 is 2.13 bits per heavy atom. The summed E-state index contributed by atoms with van der Waals surface area (Å²) in [6.07, 6.45) is 7.95. The van der Waals surface area contributed by atoms with Crippen molar-refractivity contribution in [3.05, 3.63) is 0 Å². The monoisotopic (exact) mass is 275 g/mol. The maximum Gasteiger partial charge on any atom is 0.220 e. The van der Waals surface area contributed by atoms with E-state index in [4.69, 9.17) is 0 Å².